The summed E-state index contributed by atoms with van der Waals surface area (Å²) in [7, 11) is 0. The normalized spacial score (nSPS) is 12.4. The van der Waals surface area contributed by atoms with Crippen LogP contribution in [0.1, 0.15) is 31.4 Å². The maximum atomic E-state index is 12.5. The number of hydrazine groups is 1. The minimum absolute atomic E-state index is 0.112. The molecule has 0 heterocycles. The number of rotatable bonds is 10. The lowest BCUT2D eigenvalue weighted by molar-refractivity contribution is -0.139. The number of hydrogen-bond acceptors (Lipinski definition) is 6. The zero-order valence-electron chi connectivity index (χ0n) is 18.2. The van der Waals surface area contributed by atoms with Gasteiger partial charge in [0.15, 0.2) is 0 Å². The predicted octanol–water partition coefficient (Wildman–Crippen LogP) is 3.16. The van der Waals surface area contributed by atoms with Crippen LogP contribution in [-0.4, -0.2) is 22.0 Å². The van der Waals surface area contributed by atoms with Crippen LogP contribution in [0.3, 0.4) is 0 Å². The molecule has 8 nitrogen and oxygen atoms in total. The summed E-state index contributed by atoms with van der Waals surface area (Å²) >= 11 is 5.89. The maximum Gasteiger partial charge on any atom is 0.255 e. The van der Waals surface area contributed by atoms with Gasteiger partial charge >= 0.3 is 0 Å². The van der Waals surface area contributed by atoms with Gasteiger partial charge in [0.05, 0.1) is 6.54 Å². The molecule has 0 aliphatic heterocycles. The second-order valence-corrected chi connectivity index (χ2v) is 8.46. The van der Waals surface area contributed by atoms with Crippen molar-refractivity contribution in [1.29, 1.82) is 0 Å². The number of hydrogen-bond donors (Lipinski definition) is 5. The molecule has 0 aromatic heterocycles. The second kappa shape index (κ2) is 12.1. The number of carbonyl (C=O) groups is 2. The molecule has 32 heavy (non-hydrogen) atoms. The Morgan fingerprint density at radius 2 is 1.66 bits per heavy atom. The molecule has 0 radical (unpaired) electrons. The fourth-order valence-electron chi connectivity index (χ4n) is 3.16. The van der Waals surface area contributed by atoms with Crippen LogP contribution in [0.4, 0.5) is 5.69 Å². The Kier molecular flexibility index (Phi) is 9.52. The lowest BCUT2D eigenvalue weighted by Gasteiger charge is -2.18. The van der Waals surface area contributed by atoms with Crippen LogP contribution in [0.5, 0.6) is 0 Å². The fourth-order valence-corrected chi connectivity index (χ4v) is 3.28. The van der Waals surface area contributed by atoms with E-state index in [1.165, 1.54) is 5.01 Å². The molecule has 0 fully saturated rings. The number of hydroxylamine groups is 1. The van der Waals surface area contributed by atoms with Gasteiger partial charge in [0, 0.05) is 29.0 Å². The van der Waals surface area contributed by atoms with E-state index in [0.29, 0.717) is 35.8 Å². The number of nitrogens with zero attached hydrogens (tertiary/aromatic N) is 1. The molecule has 2 aromatic rings. The van der Waals surface area contributed by atoms with E-state index in [2.05, 4.69) is 5.32 Å². The molecule has 0 saturated heterocycles. The highest BCUT2D eigenvalue weighted by molar-refractivity contribution is 6.30. The molecule has 7 N–H and O–H groups in total. The lowest BCUT2D eigenvalue weighted by atomic mass is 9.95. The number of nitrogens with two attached hydrogens (primary N) is 2. The molecule has 0 bridgehead atoms. The average Bonchev–Trinajstić information content (AvgIpc) is 2.74. The standard InChI is InChI=1S/C23H30ClN5O3/c1-15(2)11-21(23(31)28-32)22(30)27-20-9-5-17(6-10-20)13-29(26)14-19(25)12-16-3-7-18(24)8-4-16/h3-10,14-15,21,32H,11-13,25-26H2,1-2H3,(H,27,30)(H,28,31)/b19-14-. The van der Waals surface area contributed by atoms with E-state index in [-0.39, 0.29) is 5.92 Å². The minimum Gasteiger partial charge on any atom is -0.401 e. The van der Waals surface area contributed by atoms with E-state index in [0.717, 1.165) is 11.1 Å². The summed E-state index contributed by atoms with van der Waals surface area (Å²) in [6.45, 7) is 4.21. The average molecular weight is 460 g/mol. The van der Waals surface area contributed by atoms with E-state index in [1.54, 1.807) is 23.8 Å². The first-order valence-electron chi connectivity index (χ1n) is 10.2. The smallest absolute Gasteiger partial charge is 0.255 e. The highest BCUT2D eigenvalue weighted by Crippen LogP contribution is 2.17. The first-order chi connectivity index (χ1) is 15.2. The van der Waals surface area contributed by atoms with Crippen molar-refractivity contribution >= 4 is 29.1 Å². The zero-order valence-corrected chi connectivity index (χ0v) is 19.0. The van der Waals surface area contributed by atoms with E-state index in [4.69, 9.17) is 28.4 Å². The summed E-state index contributed by atoms with van der Waals surface area (Å²) in [4.78, 5) is 24.3. The molecular formula is C23H30ClN5O3. The van der Waals surface area contributed by atoms with Crippen LogP contribution in [0.25, 0.3) is 0 Å². The molecule has 0 aliphatic rings. The molecule has 0 saturated carbocycles. The molecule has 1 atom stereocenters. The molecule has 0 aliphatic carbocycles. The largest absolute Gasteiger partial charge is 0.401 e. The van der Waals surface area contributed by atoms with Crippen molar-refractivity contribution in [2.75, 3.05) is 5.32 Å². The van der Waals surface area contributed by atoms with Gasteiger partial charge in [-0.2, -0.15) is 0 Å². The number of anilines is 1. The Bertz CT molecular complexity index is 930. The Labute approximate surface area is 193 Å². The van der Waals surface area contributed by atoms with Gasteiger partial charge < -0.3 is 16.1 Å². The van der Waals surface area contributed by atoms with Crippen molar-refractivity contribution in [2.45, 2.75) is 33.2 Å². The van der Waals surface area contributed by atoms with Crippen LogP contribution in [-0.2, 0) is 22.6 Å². The first kappa shape index (κ1) is 25.2. The van der Waals surface area contributed by atoms with E-state index < -0.39 is 17.7 Å². The van der Waals surface area contributed by atoms with Crippen molar-refractivity contribution in [3.05, 3.63) is 76.6 Å². The highest BCUT2D eigenvalue weighted by Gasteiger charge is 2.27. The van der Waals surface area contributed by atoms with E-state index >= 15 is 0 Å². The zero-order chi connectivity index (χ0) is 23.7. The summed E-state index contributed by atoms with van der Waals surface area (Å²) in [5.74, 6) is 3.99. The monoisotopic (exact) mass is 459 g/mol. The molecule has 2 aromatic carbocycles. The van der Waals surface area contributed by atoms with Gasteiger partial charge in [-0.15, -0.1) is 0 Å². The van der Waals surface area contributed by atoms with Crippen LogP contribution in [0.15, 0.2) is 60.4 Å². The van der Waals surface area contributed by atoms with E-state index in [9.17, 15) is 9.59 Å². The third kappa shape index (κ3) is 8.22. The number of allylic oxidation sites excluding steroid dienone is 1. The second-order valence-electron chi connectivity index (χ2n) is 8.02. The van der Waals surface area contributed by atoms with Gasteiger partial charge in [-0.1, -0.05) is 49.7 Å². The van der Waals surface area contributed by atoms with Gasteiger partial charge in [0.25, 0.3) is 5.91 Å². The number of carbonyl (C=O) groups excluding carboxylic acids is 2. The van der Waals surface area contributed by atoms with Gasteiger partial charge in [0.1, 0.15) is 5.92 Å². The summed E-state index contributed by atoms with van der Waals surface area (Å²) in [5, 5.41) is 13.8. The van der Waals surface area contributed by atoms with Crippen molar-refractivity contribution in [1.82, 2.24) is 10.5 Å². The van der Waals surface area contributed by atoms with Crippen LogP contribution in [0, 0.1) is 11.8 Å². The Morgan fingerprint density at radius 1 is 1.06 bits per heavy atom. The van der Waals surface area contributed by atoms with Crippen LogP contribution in [0.2, 0.25) is 5.02 Å². The summed E-state index contributed by atoms with van der Waals surface area (Å²) < 4.78 is 0. The highest BCUT2D eigenvalue weighted by atomic mass is 35.5. The van der Waals surface area contributed by atoms with Gasteiger partial charge in [-0.05, 0) is 47.7 Å². The maximum absolute atomic E-state index is 12.5. The van der Waals surface area contributed by atoms with Crippen LogP contribution < -0.4 is 22.4 Å². The number of benzene rings is 2. The molecule has 9 heteroatoms. The number of nitrogens with one attached hydrogen (secondary N) is 2. The minimum atomic E-state index is -0.979. The topological polar surface area (TPSA) is 134 Å². The van der Waals surface area contributed by atoms with Crippen molar-refractivity contribution in [3.8, 4) is 0 Å². The van der Waals surface area contributed by atoms with Crippen molar-refractivity contribution in [2.24, 2.45) is 23.4 Å². The van der Waals surface area contributed by atoms with Gasteiger partial charge in [0.2, 0.25) is 5.91 Å². The predicted molar refractivity (Wildman–Crippen MR) is 125 cm³/mol. The van der Waals surface area contributed by atoms with Crippen molar-refractivity contribution < 1.29 is 14.8 Å². The Hall–Kier alpha value is -3.07. The summed E-state index contributed by atoms with van der Waals surface area (Å²) in [5.41, 5.74) is 10.7. The molecule has 172 valence electrons. The van der Waals surface area contributed by atoms with E-state index in [1.807, 2.05) is 50.2 Å². The van der Waals surface area contributed by atoms with Gasteiger partial charge in [-0.3, -0.25) is 14.8 Å². The molecule has 0 spiro atoms. The molecule has 2 rings (SSSR count). The number of halogens is 1. The first-order valence-corrected chi connectivity index (χ1v) is 10.6. The molecule has 2 amide bonds. The van der Waals surface area contributed by atoms with Gasteiger partial charge in [-0.25, -0.2) is 11.3 Å². The Balaban J connectivity index is 1.94. The third-order valence-corrected chi connectivity index (χ3v) is 4.94. The SMILES string of the molecule is CC(C)CC(C(=O)NO)C(=O)Nc1ccc(CN(N)/C=C(\N)Cc2ccc(Cl)cc2)cc1. The molecular weight excluding hydrogens is 430 g/mol. The lowest BCUT2D eigenvalue weighted by Crippen LogP contribution is -2.37. The van der Waals surface area contributed by atoms with Crippen molar-refractivity contribution in [3.63, 3.8) is 0 Å². The Morgan fingerprint density at radius 3 is 2.22 bits per heavy atom. The quantitative estimate of drug-likeness (QED) is 0.160. The molecule has 1 unspecified atom stereocenters. The van der Waals surface area contributed by atoms with Crippen LogP contribution >= 0.6 is 11.6 Å². The summed E-state index contributed by atoms with van der Waals surface area (Å²) in [6, 6.07) is 14.5. The fraction of sp³-hybridized carbons (Fsp3) is 0.304. The number of amides is 2. The third-order valence-electron chi connectivity index (χ3n) is 4.69. The summed E-state index contributed by atoms with van der Waals surface area (Å²) in [6.07, 6.45) is 2.55.